The first-order chi connectivity index (χ1) is 12.2. The van der Waals surface area contributed by atoms with Crippen LogP contribution in [0.1, 0.15) is 45.4 Å². The third-order valence-corrected chi connectivity index (χ3v) is 5.30. The predicted octanol–water partition coefficient (Wildman–Crippen LogP) is 3.69. The van der Waals surface area contributed by atoms with E-state index in [0.29, 0.717) is 6.04 Å². The van der Waals surface area contributed by atoms with Crippen LogP contribution in [0.2, 0.25) is 0 Å². The minimum atomic E-state index is -0.00939. The summed E-state index contributed by atoms with van der Waals surface area (Å²) < 4.78 is 0. The normalized spacial score (nSPS) is 18.2. The summed E-state index contributed by atoms with van der Waals surface area (Å²) in [5.41, 5.74) is 2.07. The maximum absolute atomic E-state index is 12.7. The van der Waals surface area contributed by atoms with Crippen LogP contribution in [-0.4, -0.2) is 48.3 Å². The third kappa shape index (κ3) is 5.11. The molecule has 2 amide bonds. The van der Waals surface area contributed by atoms with Crippen molar-refractivity contribution in [2.75, 3.05) is 36.5 Å². The molecule has 3 rings (SSSR count). The molecule has 25 heavy (non-hydrogen) atoms. The van der Waals surface area contributed by atoms with Gasteiger partial charge in [-0.15, -0.1) is 0 Å². The summed E-state index contributed by atoms with van der Waals surface area (Å²) in [6, 6.07) is 8.58. The molecule has 0 radical (unpaired) electrons. The molecule has 0 unspecified atom stereocenters. The van der Waals surface area contributed by atoms with Crippen LogP contribution in [0, 0.1) is 5.92 Å². The minimum absolute atomic E-state index is 0.00939. The number of amides is 2. The second-order valence-corrected chi connectivity index (χ2v) is 7.51. The Hall–Kier alpha value is -1.75. The van der Waals surface area contributed by atoms with Gasteiger partial charge in [-0.3, -0.25) is 0 Å². The molecular formula is C20H31N3O2. The zero-order valence-electron chi connectivity index (χ0n) is 15.3. The number of rotatable bonds is 7. The molecule has 1 aromatic carbocycles. The number of hydrogen-bond donors (Lipinski definition) is 2. The summed E-state index contributed by atoms with van der Waals surface area (Å²) in [6.07, 6.45) is 6.26. The van der Waals surface area contributed by atoms with Crippen molar-refractivity contribution in [3.8, 4) is 0 Å². The van der Waals surface area contributed by atoms with Gasteiger partial charge < -0.3 is 20.2 Å². The molecule has 1 aliphatic heterocycles. The van der Waals surface area contributed by atoms with E-state index in [9.17, 15) is 4.79 Å². The van der Waals surface area contributed by atoms with Crippen LogP contribution in [0.15, 0.2) is 24.3 Å². The Morgan fingerprint density at radius 3 is 2.68 bits per heavy atom. The molecular weight excluding hydrogens is 314 g/mol. The van der Waals surface area contributed by atoms with Crippen LogP contribution in [-0.2, 0) is 0 Å². The second kappa shape index (κ2) is 8.56. The maximum atomic E-state index is 12.7. The highest BCUT2D eigenvalue weighted by molar-refractivity contribution is 5.90. The fourth-order valence-corrected chi connectivity index (χ4v) is 3.47. The first kappa shape index (κ1) is 18.1. The number of nitrogens with one attached hydrogen (secondary N) is 1. The molecule has 0 aromatic heterocycles. The Morgan fingerprint density at radius 2 is 2.00 bits per heavy atom. The number of unbranched alkanes of at least 4 members (excludes halogenated alkanes) is 1. The molecule has 0 bridgehead atoms. The van der Waals surface area contributed by atoms with E-state index < -0.39 is 0 Å². The highest BCUT2D eigenvalue weighted by Gasteiger charge is 2.32. The average molecular weight is 345 g/mol. The van der Waals surface area contributed by atoms with Crippen molar-refractivity contribution in [3.63, 3.8) is 0 Å². The fourth-order valence-electron chi connectivity index (χ4n) is 3.47. The van der Waals surface area contributed by atoms with Crippen LogP contribution >= 0.6 is 0 Å². The van der Waals surface area contributed by atoms with Gasteiger partial charge in [0.1, 0.15) is 0 Å². The molecule has 5 heteroatoms. The number of anilines is 2. The molecule has 138 valence electrons. The van der Waals surface area contributed by atoms with Crippen LogP contribution < -0.4 is 10.2 Å². The number of aliphatic hydroxyl groups is 1. The van der Waals surface area contributed by atoms with E-state index in [0.717, 1.165) is 56.9 Å². The van der Waals surface area contributed by atoms with Crippen LogP contribution in [0.5, 0.6) is 0 Å². The molecule has 2 fully saturated rings. The summed E-state index contributed by atoms with van der Waals surface area (Å²) >= 11 is 0. The molecule has 1 aliphatic carbocycles. The Balaban J connectivity index is 1.59. The number of benzene rings is 1. The van der Waals surface area contributed by atoms with Crippen LogP contribution in [0.25, 0.3) is 0 Å². The SMILES string of the molecule is CC1CCN(c2cccc(NC(=O)N(CCCCO)C3CC3)c2)CC1. The van der Waals surface area contributed by atoms with E-state index in [4.69, 9.17) is 5.11 Å². The summed E-state index contributed by atoms with van der Waals surface area (Å²) in [5, 5.41) is 12.0. The van der Waals surface area contributed by atoms with Gasteiger partial charge in [0.05, 0.1) is 0 Å². The van der Waals surface area contributed by atoms with Crippen LogP contribution in [0.4, 0.5) is 16.2 Å². The van der Waals surface area contributed by atoms with Crippen molar-refractivity contribution >= 4 is 17.4 Å². The monoisotopic (exact) mass is 345 g/mol. The fraction of sp³-hybridized carbons (Fsp3) is 0.650. The minimum Gasteiger partial charge on any atom is -0.396 e. The average Bonchev–Trinajstić information content (AvgIpc) is 3.44. The van der Waals surface area contributed by atoms with Gasteiger partial charge >= 0.3 is 6.03 Å². The van der Waals surface area contributed by atoms with Crippen molar-refractivity contribution < 1.29 is 9.90 Å². The third-order valence-electron chi connectivity index (χ3n) is 5.30. The van der Waals surface area contributed by atoms with Gasteiger partial charge in [-0.1, -0.05) is 13.0 Å². The standard InChI is InChI=1S/C20H31N3O2/c1-16-9-12-22(13-10-16)19-6-4-5-17(15-19)21-20(25)23(18-7-8-18)11-2-3-14-24/h4-6,15-16,18,24H,2-3,7-14H2,1H3,(H,21,25). The zero-order chi connectivity index (χ0) is 17.6. The van der Waals surface area contributed by atoms with Gasteiger partial charge in [-0.2, -0.15) is 0 Å². The second-order valence-electron chi connectivity index (χ2n) is 7.51. The Labute approximate surface area is 151 Å². The lowest BCUT2D eigenvalue weighted by molar-refractivity contribution is 0.204. The smallest absolute Gasteiger partial charge is 0.322 e. The Kier molecular flexibility index (Phi) is 6.19. The van der Waals surface area contributed by atoms with Gasteiger partial charge in [0.15, 0.2) is 0 Å². The summed E-state index contributed by atoms with van der Waals surface area (Å²) in [6.45, 7) is 5.41. The van der Waals surface area contributed by atoms with Crippen molar-refractivity contribution in [1.29, 1.82) is 0 Å². The van der Waals surface area contributed by atoms with E-state index in [1.54, 1.807) is 0 Å². The number of hydrogen-bond acceptors (Lipinski definition) is 3. The van der Waals surface area contributed by atoms with Gasteiger partial charge in [0, 0.05) is 43.7 Å². The number of nitrogens with zero attached hydrogens (tertiary/aromatic N) is 2. The number of aliphatic hydroxyl groups excluding tert-OH is 1. The highest BCUT2D eigenvalue weighted by Crippen LogP contribution is 2.29. The van der Waals surface area contributed by atoms with Gasteiger partial charge in [0.2, 0.25) is 0 Å². The van der Waals surface area contributed by atoms with Gasteiger partial charge in [0.25, 0.3) is 0 Å². The van der Waals surface area contributed by atoms with Crippen LogP contribution in [0.3, 0.4) is 0 Å². The molecule has 1 saturated heterocycles. The molecule has 2 N–H and O–H groups in total. The number of carbonyl (C=O) groups is 1. The van der Waals surface area contributed by atoms with E-state index >= 15 is 0 Å². The van der Waals surface area contributed by atoms with Crippen molar-refractivity contribution in [1.82, 2.24) is 4.90 Å². The Bertz CT molecular complexity index is 566. The highest BCUT2D eigenvalue weighted by atomic mass is 16.3. The molecule has 0 atom stereocenters. The zero-order valence-corrected chi connectivity index (χ0v) is 15.3. The van der Waals surface area contributed by atoms with E-state index in [2.05, 4.69) is 29.3 Å². The number of carbonyl (C=O) groups excluding carboxylic acids is 1. The summed E-state index contributed by atoms with van der Waals surface area (Å²) in [5.74, 6) is 0.810. The lowest BCUT2D eigenvalue weighted by Crippen LogP contribution is -2.37. The lowest BCUT2D eigenvalue weighted by Gasteiger charge is -2.32. The van der Waals surface area contributed by atoms with Gasteiger partial charge in [-0.05, 0) is 62.6 Å². The summed E-state index contributed by atoms with van der Waals surface area (Å²) in [4.78, 5) is 17.0. The molecule has 5 nitrogen and oxygen atoms in total. The first-order valence-electron chi connectivity index (χ1n) is 9.71. The van der Waals surface area contributed by atoms with E-state index in [-0.39, 0.29) is 12.6 Å². The van der Waals surface area contributed by atoms with Crippen molar-refractivity contribution in [2.24, 2.45) is 5.92 Å². The predicted molar refractivity (Wildman–Crippen MR) is 102 cm³/mol. The molecule has 1 saturated carbocycles. The topological polar surface area (TPSA) is 55.8 Å². The number of urea groups is 1. The molecule has 1 heterocycles. The largest absolute Gasteiger partial charge is 0.396 e. The molecule has 0 spiro atoms. The summed E-state index contributed by atoms with van der Waals surface area (Å²) in [7, 11) is 0. The molecule has 2 aliphatic rings. The number of piperidine rings is 1. The van der Waals surface area contributed by atoms with Crippen molar-refractivity contribution in [2.45, 2.75) is 51.5 Å². The maximum Gasteiger partial charge on any atom is 0.322 e. The van der Waals surface area contributed by atoms with E-state index in [1.807, 2.05) is 17.0 Å². The lowest BCUT2D eigenvalue weighted by atomic mass is 9.99. The first-order valence-corrected chi connectivity index (χ1v) is 9.71. The molecule has 1 aromatic rings. The quantitative estimate of drug-likeness (QED) is 0.741. The van der Waals surface area contributed by atoms with Crippen molar-refractivity contribution in [3.05, 3.63) is 24.3 Å². The van der Waals surface area contributed by atoms with E-state index in [1.165, 1.54) is 18.5 Å². The van der Waals surface area contributed by atoms with Gasteiger partial charge in [-0.25, -0.2) is 4.79 Å². The Morgan fingerprint density at radius 1 is 1.24 bits per heavy atom.